The van der Waals surface area contributed by atoms with Crippen LogP contribution in [0.2, 0.25) is 0 Å². The summed E-state index contributed by atoms with van der Waals surface area (Å²) in [6.07, 6.45) is 0.685. The summed E-state index contributed by atoms with van der Waals surface area (Å²) in [5.74, 6) is -1.31. The lowest BCUT2D eigenvalue weighted by atomic mass is 9.86. The first kappa shape index (κ1) is 21.3. The number of ether oxygens (including phenoxy) is 1. The van der Waals surface area contributed by atoms with Crippen molar-refractivity contribution in [3.63, 3.8) is 0 Å². The predicted molar refractivity (Wildman–Crippen MR) is 115 cm³/mol. The second-order valence-corrected chi connectivity index (χ2v) is 7.05. The van der Waals surface area contributed by atoms with E-state index in [1.807, 2.05) is 31.2 Å². The van der Waals surface area contributed by atoms with Gasteiger partial charge < -0.3 is 15.2 Å². The standard InChI is InChI=1S/C25H25NO4/c1-19-10-8-9-11-20(19)16-17-26-23(27)18-30-24(28)25(29,21-12-4-2-5-13-21)22-14-6-3-7-15-22/h2-15,29H,16-18H2,1H3,(H,26,27). The molecule has 3 rings (SSSR count). The van der Waals surface area contributed by atoms with Crippen LogP contribution in [0.15, 0.2) is 84.9 Å². The molecule has 3 aromatic carbocycles. The van der Waals surface area contributed by atoms with E-state index in [4.69, 9.17) is 4.74 Å². The van der Waals surface area contributed by atoms with Crippen LogP contribution >= 0.6 is 0 Å². The van der Waals surface area contributed by atoms with Gasteiger partial charge in [-0.15, -0.1) is 0 Å². The minimum Gasteiger partial charge on any atom is -0.453 e. The molecule has 0 unspecified atom stereocenters. The van der Waals surface area contributed by atoms with Crippen molar-refractivity contribution in [2.75, 3.05) is 13.2 Å². The van der Waals surface area contributed by atoms with Crippen LogP contribution in [0.1, 0.15) is 22.3 Å². The van der Waals surface area contributed by atoms with Gasteiger partial charge >= 0.3 is 5.97 Å². The van der Waals surface area contributed by atoms with Gasteiger partial charge in [0.05, 0.1) is 0 Å². The Kier molecular flexibility index (Phi) is 6.99. The van der Waals surface area contributed by atoms with Gasteiger partial charge in [0.15, 0.2) is 6.61 Å². The third kappa shape index (κ3) is 4.93. The van der Waals surface area contributed by atoms with Gasteiger partial charge in [-0.3, -0.25) is 4.79 Å². The fourth-order valence-corrected chi connectivity index (χ4v) is 3.27. The molecular weight excluding hydrogens is 378 g/mol. The molecule has 0 bridgehead atoms. The Hall–Kier alpha value is -3.44. The number of aliphatic hydroxyl groups is 1. The van der Waals surface area contributed by atoms with Crippen LogP contribution in [0.4, 0.5) is 0 Å². The lowest BCUT2D eigenvalue weighted by molar-refractivity contribution is -0.164. The van der Waals surface area contributed by atoms with Gasteiger partial charge in [-0.05, 0) is 35.6 Å². The van der Waals surface area contributed by atoms with E-state index in [0.717, 1.165) is 11.1 Å². The maximum absolute atomic E-state index is 12.9. The molecule has 154 valence electrons. The molecule has 0 heterocycles. The molecule has 2 N–H and O–H groups in total. The summed E-state index contributed by atoms with van der Waals surface area (Å²) < 4.78 is 5.20. The molecule has 0 fully saturated rings. The van der Waals surface area contributed by atoms with Crippen molar-refractivity contribution in [1.29, 1.82) is 0 Å². The van der Waals surface area contributed by atoms with Gasteiger partial charge in [0.25, 0.3) is 5.91 Å². The number of hydrogen-bond acceptors (Lipinski definition) is 4. The largest absolute Gasteiger partial charge is 0.453 e. The zero-order valence-electron chi connectivity index (χ0n) is 16.9. The van der Waals surface area contributed by atoms with Gasteiger partial charge in [0, 0.05) is 6.54 Å². The van der Waals surface area contributed by atoms with E-state index in [1.54, 1.807) is 60.7 Å². The van der Waals surface area contributed by atoms with Crippen molar-refractivity contribution in [2.24, 2.45) is 0 Å². The highest BCUT2D eigenvalue weighted by molar-refractivity contribution is 5.88. The summed E-state index contributed by atoms with van der Waals surface area (Å²) in [6.45, 7) is 1.99. The molecule has 0 aliphatic carbocycles. The fraction of sp³-hybridized carbons (Fsp3) is 0.200. The normalized spacial score (nSPS) is 11.0. The lowest BCUT2D eigenvalue weighted by Gasteiger charge is -2.26. The molecule has 0 aliphatic rings. The number of benzene rings is 3. The number of carbonyl (C=O) groups excluding carboxylic acids is 2. The third-order valence-electron chi connectivity index (χ3n) is 4.99. The number of nitrogens with one attached hydrogen (secondary N) is 1. The number of carbonyl (C=O) groups is 2. The average molecular weight is 403 g/mol. The van der Waals surface area contributed by atoms with Gasteiger partial charge in [-0.25, -0.2) is 4.79 Å². The highest BCUT2D eigenvalue weighted by Crippen LogP contribution is 2.30. The molecule has 0 aromatic heterocycles. The van der Waals surface area contributed by atoms with Crippen molar-refractivity contribution in [2.45, 2.75) is 18.9 Å². The summed E-state index contributed by atoms with van der Waals surface area (Å²) in [5.41, 5.74) is 1.07. The van der Waals surface area contributed by atoms with Crippen molar-refractivity contribution in [3.8, 4) is 0 Å². The molecule has 0 saturated heterocycles. The van der Waals surface area contributed by atoms with Crippen LogP contribution in [0, 0.1) is 6.92 Å². The van der Waals surface area contributed by atoms with Gasteiger partial charge in [0.1, 0.15) is 0 Å². The maximum Gasteiger partial charge on any atom is 0.348 e. The van der Waals surface area contributed by atoms with E-state index < -0.39 is 24.1 Å². The first-order chi connectivity index (χ1) is 14.5. The minimum absolute atomic E-state index is 0.376. The molecule has 0 spiro atoms. The zero-order chi connectivity index (χ0) is 21.4. The van der Waals surface area contributed by atoms with Crippen molar-refractivity contribution in [3.05, 3.63) is 107 Å². The number of amides is 1. The molecular formula is C25H25NO4. The van der Waals surface area contributed by atoms with E-state index in [0.29, 0.717) is 24.1 Å². The summed E-state index contributed by atoms with van der Waals surface area (Å²) in [5, 5.41) is 14.0. The Morgan fingerprint density at radius 2 is 1.40 bits per heavy atom. The molecule has 5 heteroatoms. The van der Waals surface area contributed by atoms with Crippen LogP contribution < -0.4 is 5.32 Å². The molecule has 5 nitrogen and oxygen atoms in total. The summed E-state index contributed by atoms with van der Waals surface area (Å²) in [4.78, 5) is 25.0. The van der Waals surface area contributed by atoms with Crippen molar-refractivity contribution < 1.29 is 19.4 Å². The van der Waals surface area contributed by atoms with Crippen molar-refractivity contribution in [1.82, 2.24) is 5.32 Å². The van der Waals surface area contributed by atoms with Gasteiger partial charge in [-0.1, -0.05) is 84.9 Å². The second-order valence-electron chi connectivity index (χ2n) is 7.05. The summed E-state index contributed by atoms with van der Waals surface area (Å²) in [7, 11) is 0. The van der Waals surface area contributed by atoms with Crippen LogP contribution in [-0.4, -0.2) is 30.1 Å². The highest BCUT2D eigenvalue weighted by Gasteiger charge is 2.41. The smallest absolute Gasteiger partial charge is 0.348 e. The SMILES string of the molecule is Cc1ccccc1CCNC(=O)COC(=O)C(O)(c1ccccc1)c1ccccc1. The first-order valence-electron chi connectivity index (χ1n) is 9.83. The topological polar surface area (TPSA) is 75.6 Å². The van der Waals surface area contributed by atoms with E-state index in [1.165, 1.54) is 0 Å². The fourth-order valence-electron chi connectivity index (χ4n) is 3.27. The molecule has 1 amide bonds. The van der Waals surface area contributed by atoms with Crippen LogP contribution in [0.5, 0.6) is 0 Å². The molecule has 0 radical (unpaired) electrons. The highest BCUT2D eigenvalue weighted by atomic mass is 16.6. The van der Waals surface area contributed by atoms with Crippen LogP contribution in [0.25, 0.3) is 0 Å². The Bertz CT molecular complexity index is 947. The Morgan fingerprint density at radius 1 is 0.867 bits per heavy atom. The van der Waals surface area contributed by atoms with Gasteiger partial charge in [0.2, 0.25) is 5.60 Å². The zero-order valence-corrected chi connectivity index (χ0v) is 16.9. The number of rotatable bonds is 8. The predicted octanol–water partition coefficient (Wildman–Crippen LogP) is 3.13. The first-order valence-corrected chi connectivity index (χ1v) is 9.83. The minimum atomic E-state index is -2.00. The van der Waals surface area contributed by atoms with E-state index >= 15 is 0 Å². The van der Waals surface area contributed by atoms with E-state index in [2.05, 4.69) is 5.32 Å². The Morgan fingerprint density at radius 3 is 1.97 bits per heavy atom. The average Bonchev–Trinajstić information content (AvgIpc) is 2.79. The van der Waals surface area contributed by atoms with Crippen LogP contribution in [-0.2, 0) is 26.3 Å². The number of esters is 1. The van der Waals surface area contributed by atoms with E-state index in [-0.39, 0.29) is 0 Å². The van der Waals surface area contributed by atoms with Gasteiger partial charge in [-0.2, -0.15) is 0 Å². The van der Waals surface area contributed by atoms with Crippen LogP contribution in [0.3, 0.4) is 0 Å². The monoisotopic (exact) mass is 403 g/mol. The number of aryl methyl sites for hydroxylation is 1. The molecule has 0 atom stereocenters. The van der Waals surface area contributed by atoms with E-state index in [9.17, 15) is 14.7 Å². The third-order valence-corrected chi connectivity index (χ3v) is 4.99. The summed E-state index contributed by atoms with van der Waals surface area (Å²) >= 11 is 0. The summed E-state index contributed by atoms with van der Waals surface area (Å²) in [6, 6.07) is 25.1. The van der Waals surface area contributed by atoms with Crippen molar-refractivity contribution >= 4 is 11.9 Å². The molecule has 0 aliphatic heterocycles. The second kappa shape index (κ2) is 9.85. The molecule has 30 heavy (non-hydrogen) atoms. The quantitative estimate of drug-likeness (QED) is 0.567. The molecule has 3 aromatic rings. The maximum atomic E-state index is 12.9. The number of hydrogen-bond donors (Lipinski definition) is 2. The lowest BCUT2D eigenvalue weighted by Crippen LogP contribution is -2.40. The Balaban J connectivity index is 1.62. The molecule has 0 saturated carbocycles. The Labute approximate surface area is 176 Å².